The molecule has 5 heteroatoms. The molecule has 2 aliphatic rings. The van der Waals surface area contributed by atoms with Crippen molar-refractivity contribution in [2.75, 3.05) is 5.73 Å². The van der Waals surface area contributed by atoms with Gasteiger partial charge in [0.1, 0.15) is 0 Å². The Bertz CT molecular complexity index is 2220. The lowest BCUT2D eigenvalue weighted by Gasteiger charge is -2.39. The van der Waals surface area contributed by atoms with Gasteiger partial charge in [-0.15, -0.1) is 0 Å². The Hall–Kier alpha value is -5.52. The lowest BCUT2D eigenvalue weighted by atomic mass is 9.67. The predicted molar refractivity (Wildman–Crippen MR) is 182 cm³/mol. The minimum absolute atomic E-state index is 0.463. The van der Waals surface area contributed by atoms with Crippen molar-refractivity contribution >= 4 is 17.4 Å². The number of hydrogen-bond acceptors (Lipinski definition) is 5. The number of nitrogen functional groups attached to an aromatic ring is 1. The van der Waals surface area contributed by atoms with Crippen LogP contribution < -0.4 is 5.73 Å². The van der Waals surface area contributed by atoms with Crippen LogP contribution in [0.5, 0.6) is 0 Å². The van der Waals surface area contributed by atoms with E-state index in [4.69, 9.17) is 20.7 Å². The van der Waals surface area contributed by atoms with Gasteiger partial charge in [0.25, 0.3) is 0 Å². The fourth-order valence-electron chi connectivity index (χ4n) is 6.98. The lowest BCUT2D eigenvalue weighted by molar-refractivity contribution is 0.722. The molecule has 0 radical (unpaired) electrons. The molecule has 0 unspecified atom stereocenters. The standard InChI is InChI=1S/C40H26N4S/c41-28-21-18-26(19-22-28)38-42-37(25-10-2-1-3-11-25)43-39(44-38)27-20-23-30-29-12-4-5-13-31(29)40(34(30)24-27)32-14-6-8-16-35(32)45-36-17-9-7-15-33(36)40/h1-24H,41H2. The Balaban J connectivity index is 1.32. The van der Waals surface area contributed by atoms with E-state index in [2.05, 4.69) is 91.0 Å². The maximum atomic E-state index is 6.02. The maximum absolute atomic E-state index is 6.02. The highest BCUT2D eigenvalue weighted by atomic mass is 32.2. The van der Waals surface area contributed by atoms with Crippen molar-refractivity contribution < 1.29 is 0 Å². The number of hydrogen-bond donors (Lipinski definition) is 1. The van der Waals surface area contributed by atoms with E-state index in [9.17, 15) is 0 Å². The maximum Gasteiger partial charge on any atom is 0.164 e. The first-order chi connectivity index (χ1) is 22.2. The van der Waals surface area contributed by atoms with Gasteiger partial charge in [-0.2, -0.15) is 0 Å². The van der Waals surface area contributed by atoms with Crippen LogP contribution in [-0.4, -0.2) is 15.0 Å². The smallest absolute Gasteiger partial charge is 0.164 e. The summed E-state index contributed by atoms with van der Waals surface area (Å²) in [5.41, 5.74) is 16.7. The number of nitrogens with zero attached hydrogens (tertiary/aromatic N) is 3. The zero-order valence-corrected chi connectivity index (χ0v) is 25.0. The molecule has 2 heterocycles. The van der Waals surface area contributed by atoms with Gasteiger partial charge in [-0.1, -0.05) is 115 Å². The molecule has 1 spiro atoms. The third kappa shape index (κ3) is 3.91. The Morgan fingerprint density at radius 1 is 0.422 bits per heavy atom. The molecule has 4 nitrogen and oxygen atoms in total. The average Bonchev–Trinajstić information content (AvgIpc) is 3.39. The summed E-state index contributed by atoms with van der Waals surface area (Å²) in [6.45, 7) is 0. The summed E-state index contributed by atoms with van der Waals surface area (Å²) in [6, 6.07) is 51.1. The Labute approximate surface area is 265 Å². The second-order valence-electron chi connectivity index (χ2n) is 11.4. The largest absolute Gasteiger partial charge is 0.399 e. The molecular formula is C40H26N4S. The number of rotatable bonds is 3. The van der Waals surface area contributed by atoms with Crippen LogP contribution >= 0.6 is 11.8 Å². The van der Waals surface area contributed by atoms with Crippen LogP contribution in [0.1, 0.15) is 22.3 Å². The van der Waals surface area contributed by atoms with Gasteiger partial charge in [0, 0.05) is 32.2 Å². The summed E-state index contributed by atoms with van der Waals surface area (Å²) in [5, 5.41) is 0. The molecule has 0 amide bonds. The molecule has 1 aliphatic heterocycles. The molecule has 0 saturated carbocycles. The number of nitrogens with two attached hydrogens (primary N) is 1. The highest BCUT2D eigenvalue weighted by Crippen LogP contribution is 2.62. The Morgan fingerprint density at radius 3 is 1.58 bits per heavy atom. The van der Waals surface area contributed by atoms with Crippen LogP contribution in [0.4, 0.5) is 5.69 Å². The molecule has 45 heavy (non-hydrogen) atoms. The Kier molecular flexibility index (Phi) is 5.77. The summed E-state index contributed by atoms with van der Waals surface area (Å²) in [5.74, 6) is 1.88. The summed E-state index contributed by atoms with van der Waals surface area (Å²) in [4.78, 5) is 17.6. The van der Waals surface area contributed by atoms with Gasteiger partial charge in [-0.05, 0) is 75.8 Å². The summed E-state index contributed by atoms with van der Waals surface area (Å²) >= 11 is 1.85. The first-order valence-electron chi connectivity index (χ1n) is 15.0. The summed E-state index contributed by atoms with van der Waals surface area (Å²) in [6.07, 6.45) is 0. The Morgan fingerprint density at radius 2 is 0.911 bits per heavy atom. The molecule has 7 aromatic rings. The van der Waals surface area contributed by atoms with E-state index in [1.165, 1.54) is 43.2 Å². The fourth-order valence-corrected chi connectivity index (χ4v) is 8.17. The number of anilines is 1. The van der Waals surface area contributed by atoms with Gasteiger partial charge in [-0.25, -0.2) is 15.0 Å². The van der Waals surface area contributed by atoms with E-state index < -0.39 is 5.41 Å². The molecule has 0 bridgehead atoms. The average molecular weight is 595 g/mol. The first kappa shape index (κ1) is 25.9. The van der Waals surface area contributed by atoms with Crippen LogP contribution in [-0.2, 0) is 5.41 Å². The fraction of sp³-hybridized carbons (Fsp3) is 0.0250. The van der Waals surface area contributed by atoms with Gasteiger partial charge in [-0.3, -0.25) is 0 Å². The molecular weight excluding hydrogens is 569 g/mol. The second-order valence-corrected chi connectivity index (χ2v) is 12.5. The van der Waals surface area contributed by atoms with Gasteiger partial charge >= 0.3 is 0 Å². The molecule has 0 atom stereocenters. The molecule has 0 saturated heterocycles. The van der Waals surface area contributed by atoms with Gasteiger partial charge in [0.2, 0.25) is 0 Å². The first-order valence-corrected chi connectivity index (χ1v) is 15.8. The van der Waals surface area contributed by atoms with Crippen LogP contribution in [0, 0.1) is 0 Å². The quantitative estimate of drug-likeness (QED) is 0.207. The predicted octanol–water partition coefficient (Wildman–Crippen LogP) is 9.28. The van der Waals surface area contributed by atoms with Crippen molar-refractivity contribution in [3.8, 4) is 45.3 Å². The lowest BCUT2D eigenvalue weighted by Crippen LogP contribution is -2.31. The second kappa shape index (κ2) is 10.0. The summed E-state index contributed by atoms with van der Waals surface area (Å²) < 4.78 is 0. The van der Waals surface area contributed by atoms with E-state index in [0.29, 0.717) is 23.2 Å². The normalized spacial score (nSPS) is 13.5. The highest BCUT2D eigenvalue weighted by molar-refractivity contribution is 7.99. The van der Waals surface area contributed by atoms with Crippen molar-refractivity contribution in [1.29, 1.82) is 0 Å². The molecule has 6 aromatic carbocycles. The molecule has 1 aliphatic carbocycles. The van der Waals surface area contributed by atoms with Gasteiger partial charge < -0.3 is 5.73 Å². The van der Waals surface area contributed by atoms with Crippen molar-refractivity contribution in [2.45, 2.75) is 15.2 Å². The molecule has 212 valence electrons. The molecule has 2 N–H and O–H groups in total. The minimum atomic E-state index is -0.463. The van der Waals surface area contributed by atoms with E-state index in [-0.39, 0.29) is 0 Å². The van der Waals surface area contributed by atoms with Crippen LogP contribution in [0.25, 0.3) is 45.3 Å². The zero-order chi connectivity index (χ0) is 30.0. The summed E-state index contributed by atoms with van der Waals surface area (Å²) in [7, 11) is 0. The van der Waals surface area contributed by atoms with Crippen LogP contribution in [0.2, 0.25) is 0 Å². The van der Waals surface area contributed by atoms with E-state index in [1.807, 2.05) is 66.4 Å². The highest BCUT2D eigenvalue weighted by Gasteiger charge is 2.50. The number of fused-ring (bicyclic) bond motifs is 9. The third-order valence-electron chi connectivity index (χ3n) is 8.94. The van der Waals surface area contributed by atoms with E-state index in [1.54, 1.807) is 0 Å². The van der Waals surface area contributed by atoms with Gasteiger partial charge in [0.15, 0.2) is 17.5 Å². The van der Waals surface area contributed by atoms with Crippen LogP contribution in [0.3, 0.4) is 0 Å². The number of benzene rings is 6. The number of aromatic nitrogens is 3. The monoisotopic (exact) mass is 594 g/mol. The molecule has 9 rings (SSSR count). The molecule has 1 aromatic heterocycles. The van der Waals surface area contributed by atoms with Gasteiger partial charge in [0.05, 0.1) is 5.41 Å². The SMILES string of the molecule is Nc1ccc(-c2nc(-c3ccccc3)nc(-c3ccc4c(c3)C3(c5ccccc5Sc5ccccc53)c3ccccc3-4)n2)cc1. The van der Waals surface area contributed by atoms with Crippen molar-refractivity contribution in [2.24, 2.45) is 0 Å². The minimum Gasteiger partial charge on any atom is -0.399 e. The van der Waals surface area contributed by atoms with E-state index >= 15 is 0 Å². The third-order valence-corrected chi connectivity index (χ3v) is 10.1. The van der Waals surface area contributed by atoms with Crippen molar-refractivity contribution in [1.82, 2.24) is 15.0 Å². The van der Waals surface area contributed by atoms with Crippen molar-refractivity contribution in [3.63, 3.8) is 0 Å². The van der Waals surface area contributed by atoms with Crippen molar-refractivity contribution in [3.05, 3.63) is 168 Å². The molecule has 0 fully saturated rings. The van der Waals surface area contributed by atoms with Crippen LogP contribution in [0.15, 0.2) is 155 Å². The van der Waals surface area contributed by atoms with E-state index in [0.717, 1.165) is 16.7 Å². The topological polar surface area (TPSA) is 64.7 Å². The zero-order valence-electron chi connectivity index (χ0n) is 24.2.